The Morgan fingerprint density at radius 3 is 3.00 bits per heavy atom. The van der Waals surface area contributed by atoms with Crippen molar-refractivity contribution in [1.82, 2.24) is 9.29 Å². The molecule has 1 aromatic rings. The molecule has 122 valence electrons. The summed E-state index contributed by atoms with van der Waals surface area (Å²) >= 11 is 5.83. The number of fused-ring (bicyclic) bond motifs is 1. The Bertz CT molecular complexity index is 633. The molecule has 1 unspecified atom stereocenters. The number of ether oxygens (including phenoxy) is 3. The number of hydrogen-bond acceptors (Lipinski definition) is 6. The molecular weight excluding hydrogens is 332 g/mol. The van der Waals surface area contributed by atoms with Gasteiger partial charge in [-0.15, -0.1) is 0 Å². The van der Waals surface area contributed by atoms with Crippen molar-refractivity contribution in [3.63, 3.8) is 0 Å². The zero-order valence-electron chi connectivity index (χ0n) is 11.9. The van der Waals surface area contributed by atoms with E-state index in [2.05, 4.69) is 4.98 Å². The first kappa shape index (κ1) is 15.9. The number of aromatic nitrogens is 1. The first-order chi connectivity index (χ1) is 10.5. The highest BCUT2D eigenvalue weighted by atomic mass is 35.5. The quantitative estimate of drug-likeness (QED) is 0.747. The molecule has 7 nitrogen and oxygen atoms in total. The largest absolute Gasteiger partial charge is 0.492 e. The van der Waals surface area contributed by atoms with Gasteiger partial charge in [0.05, 0.1) is 31.7 Å². The van der Waals surface area contributed by atoms with Gasteiger partial charge >= 0.3 is 0 Å². The minimum absolute atomic E-state index is 0.0939. The van der Waals surface area contributed by atoms with Gasteiger partial charge in [0.1, 0.15) is 17.5 Å². The van der Waals surface area contributed by atoms with E-state index < -0.39 is 16.1 Å². The summed E-state index contributed by atoms with van der Waals surface area (Å²) in [6, 6.07) is 1.60. The van der Waals surface area contributed by atoms with Gasteiger partial charge in [-0.2, -0.15) is 4.31 Å². The van der Waals surface area contributed by atoms with Gasteiger partial charge in [0.25, 0.3) is 0 Å². The molecule has 3 heterocycles. The molecule has 0 amide bonds. The van der Waals surface area contributed by atoms with E-state index in [-0.39, 0.29) is 25.4 Å². The third-order valence-electron chi connectivity index (χ3n) is 3.53. The van der Waals surface area contributed by atoms with Gasteiger partial charge in [-0.3, -0.25) is 0 Å². The van der Waals surface area contributed by atoms with Gasteiger partial charge in [0.15, 0.2) is 0 Å². The normalized spacial score (nSPS) is 23.4. The molecule has 1 saturated heterocycles. The maximum absolute atomic E-state index is 12.6. The third kappa shape index (κ3) is 3.69. The van der Waals surface area contributed by atoms with Gasteiger partial charge in [-0.05, 0) is 0 Å². The van der Waals surface area contributed by atoms with E-state index >= 15 is 0 Å². The molecule has 1 fully saturated rings. The SMILES string of the molecule is O=S(=O)(CC1COCCO1)N1CCOc2cc(Cl)ncc2C1. The average Bonchev–Trinajstić information content (AvgIpc) is 2.70. The molecule has 22 heavy (non-hydrogen) atoms. The second-order valence-corrected chi connectivity index (χ2v) is 7.54. The molecule has 9 heteroatoms. The van der Waals surface area contributed by atoms with Crippen LogP contribution in [0.5, 0.6) is 5.75 Å². The molecule has 0 aliphatic carbocycles. The fourth-order valence-corrected chi connectivity index (χ4v) is 4.14. The molecule has 1 aromatic heterocycles. The fraction of sp³-hybridized carbons (Fsp3) is 0.615. The molecule has 0 aromatic carbocycles. The van der Waals surface area contributed by atoms with Crippen molar-refractivity contribution in [2.45, 2.75) is 12.6 Å². The van der Waals surface area contributed by atoms with E-state index in [4.69, 9.17) is 25.8 Å². The van der Waals surface area contributed by atoms with E-state index in [0.717, 1.165) is 0 Å². The van der Waals surface area contributed by atoms with Crippen molar-refractivity contribution in [1.29, 1.82) is 0 Å². The fourth-order valence-electron chi connectivity index (χ4n) is 2.43. The summed E-state index contributed by atoms with van der Waals surface area (Å²) in [5, 5.41) is 0.322. The lowest BCUT2D eigenvalue weighted by Crippen LogP contribution is -2.41. The van der Waals surface area contributed by atoms with E-state index in [1.165, 1.54) is 4.31 Å². The Morgan fingerprint density at radius 1 is 1.36 bits per heavy atom. The smallest absolute Gasteiger partial charge is 0.217 e. The van der Waals surface area contributed by atoms with Crippen LogP contribution in [0.15, 0.2) is 12.3 Å². The zero-order chi connectivity index (χ0) is 15.6. The van der Waals surface area contributed by atoms with Crippen LogP contribution in [0.4, 0.5) is 0 Å². The maximum atomic E-state index is 12.6. The van der Waals surface area contributed by atoms with Gasteiger partial charge < -0.3 is 14.2 Å². The van der Waals surface area contributed by atoms with Crippen LogP contribution in [0.3, 0.4) is 0 Å². The highest BCUT2D eigenvalue weighted by Gasteiger charge is 2.30. The average molecular weight is 349 g/mol. The number of nitrogens with zero attached hydrogens (tertiary/aromatic N) is 2. The summed E-state index contributed by atoms with van der Waals surface area (Å²) in [6.45, 7) is 2.01. The second-order valence-electron chi connectivity index (χ2n) is 5.14. The van der Waals surface area contributed by atoms with Crippen molar-refractivity contribution in [2.75, 3.05) is 38.7 Å². The predicted molar refractivity (Wildman–Crippen MR) is 79.5 cm³/mol. The van der Waals surface area contributed by atoms with E-state index in [0.29, 0.717) is 36.3 Å². The first-order valence-corrected chi connectivity index (χ1v) is 8.98. The van der Waals surface area contributed by atoms with Crippen molar-refractivity contribution in [2.24, 2.45) is 0 Å². The zero-order valence-corrected chi connectivity index (χ0v) is 13.5. The third-order valence-corrected chi connectivity index (χ3v) is 5.63. The highest BCUT2D eigenvalue weighted by molar-refractivity contribution is 7.89. The minimum Gasteiger partial charge on any atom is -0.492 e. The van der Waals surface area contributed by atoms with Crippen LogP contribution in [-0.2, 0) is 26.0 Å². The Balaban J connectivity index is 1.74. The summed E-state index contributed by atoms with van der Waals surface area (Å²) < 4.78 is 42.8. The van der Waals surface area contributed by atoms with Crippen LogP contribution in [0.2, 0.25) is 5.15 Å². The van der Waals surface area contributed by atoms with Crippen molar-refractivity contribution in [3.8, 4) is 5.75 Å². The molecule has 0 bridgehead atoms. The first-order valence-electron chi connectivity index (χ1n) is 6.99. The topological polar surface area (TPSA) is 78.0 Å². The van der Waals surface area contributed by atoms with Gasteiger partial charge in [0.2, 0.25) is 10.0 Å². The van der Waals surface area contributed by atoms with Crippen molar-refractivity contribution >= 4 is 21.6 Å². The number of rotatable bonds is 3. The van der Waals surface area contributed by atoms with Crippen LogP contribution in [0.1, 0.15) is 5.56 Å². The molecule has 1 atom stereocenters. The number of halogens is 1. The van der Waals surface area contributed by atoms with Gasteiger partial charge in [0, 0.05) is 30.9 Å². The molecule has 0 radical (unpaired) electrons. The standard InChI is InChI=1S/C13H17ClN2O5S/c14-13-5-12-10(6-15-13)7-16(1-2-21-12)22(17,18)9-11-8-19-3-4-20-11/h5-6,11H,1-4,7-9H2. The summed E-state index contributed by atoms with van der Waals surface area (Å²) in [4.78, 5) is 3.99. The predicted octanol–water partition coefficient (Wildman–Crippen LogP) is 0.675. The molecule has 2 aliphatic heterocycles. The molecule has 3 rings (SSSR count). The van der Waals surface area contributed by atoms with Crippen molar-refractivity contribution < 1.29 is 22.6 Å². The summed E-state index contributed by atoms with van der Waals surface area (Å²) in [5.41, 5.74) is 0.700. The number of sulfonamides is 1. The lowest BCUT2D eigenvalue weighted by atomic mass is 10.2. The highest BCUT2D eigenvalue weighted by Crippen LogP contribution is 2.26. The Morgan fingerprint density at radius 2 is 2.23 bits per heavy atom. The van der Waals surface area contributed by atoms with Crippen molar-refractivity contribution in [3.05, 3.63) is 23.0 Å². The van der Waals surface area contributed by atoms with Crippen LogP contribution >= 0.6 is 11.6 Å². The molecule has 0 N–H and O–H groups in total. The van der Waals surface area contributed by atoms with E-state index in [1.54, 1.807) is 12.3 Å². The van der Waals surface area contributed by atoms with E-state index in [1.807, 2.05) is 0 Å². The lowest BCUT2D eigenvalue weighted by Gasteiger charge is -2.26. The molecule has 0 spiro atoms. The number of hydrogen-bond donors (Lipinski definition) is 0. The molecule has 2 aliphatic rings. The second kappa shape index (κ2) is 6.67. The Hall–Kier alpha value is -0.930. The maximum Gasteiger partial charge on any atom is 0.217 e. The Labute approximate surface area is 134 Å². The number of pyridine rings is 1. The lowest BCUT2D eigenvalue weighted by molar-refractivity contribution is -0.0785. The monoisotopic (exact) mass is 348 g/mol. The molecule has 0 saturated carbocycles. The van der Waals surface area contributed by atoms with Gasteiger partial charge in [-0.25, -0.2) is 13.4 Å². The van der Waals surface area contributed by atoms with Crippen LogP contribution in [0.25, 0.3) is 0 Å². The van der Waals surface area contributed by atoms with Crippen LogP contribution in [0, 0.1) is 0 Å². The summed E-state index contributed by atoms with van der Waals surface area (Å²) in [7, 11) is -3.47. The van der Waals surface area contributed by atoms with E-state index in [9.17, 15) is 8.42 Å². The van der Waals surface area contributed by atoms with Crippen LogP contribution in [-0.4, -0.2) is 62.5 Å². The summed E-state index contributed by atoms with van der Waals surface area (Å²) in [6.07, 6.45) is 1.12. The Kier molecular flexibility index (Phi) is 4.84. The van der Waals surface area contributed by atoms with Crippen LogP contribution < -0.4 is 4.74 Å². The molecular formula is C13H17ClN2O5S. The van der Waals surface area contributed by atoms with Gasteiger partial charge in [-0.1, -0.05) is 11.6 Å². The minimum atomic E-state index is -3.47. The summed E-state index contributed by atoms with van der Waals surface area (Å²) in [5.74, 6) is 0.485.